The fraction of sp³-hybridized carbons (Fsp3) is 0.684. The highest BCUT2D eigenvalue weighted by atomic mass is 16.5. The number of nitrogens with one attached hydrogen (secondary N) is 1. The van der Waals surface area contributed by atoms with Crippen LogP contribution < -0.4 is 5.32 Å². The van der Waals surface area contributed by atoms with Gasteiger partial charge in [-0.15, -0.1) is 0 Å². The quantitative estimate of drug-likeness (QED) is 0.807. The van der Waals surface area contributed by atoms with E-state index in [9.17, 15) is 0 Å². The van der Waals surface area contributed by atoms with Crippen molar-refractivity contribution in [3.8, 4) is 0 Å². The van der Waals surface area contributed by atoms with Gasteiger partial charge in [-0.25, -0.2) is 0 Å². The molecule has 0 saturated heterocycles. The molecule has 0 aliphatic heterocycles. The lowest BCUT2D eigenvalue weighted by Gasteiger charge is -2.28. The number of hydrogen-bond acceptors (Lipinski definition) is 2. The van der Waals surface area contributed by atoms with Crippen LogP contribution in [0.2, 0.25) is 0 Å². The smallest absolute Gasteiger partial charge is 0.0720 e. The van der Waals surface area contributed by atoms with E-state index in [0.717, 1.165) is 25.5 Å². The van der Waals surface area contributed by atoms with E-state index in [0.29, 0.717) is 12.1 Å². The number of benzene rings is 1. The van der Waals surface area contributed by atoms with Crippen molar-refractivity contribution in [2.75, 3.05) is 6.54 Å². The van der Waals surface area contributed by atoms with Gasteiger partial charge in [0.1, 0.15) is 0 Å². The van der Waals surface area contributed by atoms with Crippen molar-refractivity contribution in [3.63, 3.8) is 0 Å². The van der Waals surface area contributed by atoms with Gasteiger partial charge in [-0.2, -0.15) is 0 Å². The van der Waals surface area contributed by atoms with Crippen LogP contribution >= 0.6 is 0 Å². The van der Waals surface area contributed by atoms with Crippen molar-refractivity contribution in [2.45, 2.75) is 71.6 Å². The number of hydrogen-bond donors (Lipinski definition) is 1. The van der Waals surface area contributed by atoms with Crippen LogP contribution in [-0.2, 0) is 17.8 Å². The molecular weight excluding hydrogens is 258 g/mol. The molecule has 0 radical (unpaired) electrons. The Balaban J connectivity index is 1.74. The second kappa shape index (κ2) is 8.55. The van der Waals surface area contributed by atoms with Gasteiger partial charge in [-0.05, 0) is 42.9 Å². The summed E-state index contributed by atoms with van der Waals surface area (Å²) in [5.41, 5.74) is 2.70. The molecule has 118 valence electrons. The Morgan fingerprint density at radius 1 is 1.10 bits per heavy atom. The fourth-order valence-electron chi connectivity index (χ4n) is 3.04. The Hall–Kier alpha value is -0.860. The summed E-state index contributed by atoms with van der Waals surface area (Å²) in [5.74, 6) is 0.722. The van der Waals surface area contributed by atoms with E-state index in [1.807, 2.05) is 0 Å². The highest BCUT2D eigenvalue weighted by molar-refractivity contribution is 5.22. The Bertz CT molecular complexity index is 399. The van der Waals surface area contributed by atoms with Crippen LogP contribution in [0.3, 0.4) is 0 Å². The molecule has 21 heavy (non-hydrogen) atoms. The summed E-state index contributed by atoms with van der Waals surface area (Å²) in [6.45, 7) is 8.51. The molecule has 0 aromatic heterocycles. The summed E-state index contributed by atoms with van der Waals surface area (Å²) in [4.78, 5) is 0. The molecule has 2 heteroatoms. The third-order valence-electron chi connectivity index (χ3n) is 4.49. The minimum atomic E-state index is 0.466. The van der Waals surface area contributed by atoms with Gasteiger partial charge in [0.25, 0.3) is 0 Å². The van der Waals surface area contributed by atoms with E-state index in [4.69, 9.17) is 4.74 Å². The third kappa shape index (κ3) is 5.80. The highest BCUT2D eigenvalue weighted by Crippen LogP contribution is 2.27. The van der Waals surface area contributed by atoms with E-state index in [1.54, 1.807) is 0 Å². The molecule has 2 unspecified atom stereocenters. The van der Waals surface area contributed by atoms with E-state index in [2.05, 4.69) is 50.4 Å². The van der Waals surface area contributed by atoms with Crippen molar-refractivity contribution >= 4 is 0 Å². The van der Waals surface area contributed by atoms with Gasteiger partial charge in [-0.3, -0.25) is 0 Å². The average Bonchev–Trinajstić information content (AvgIpc) is 2.47. The number of rotatable bonds is 7. The molecular formula is C19H31NO. The molecule has 2 atom stereocenters. The van der Waals surface area contributed by atoms with Gasteiger partial charge in [0.05, 0.1) is 12.7 Å². The van der Waals surface area contributed by atoms with Gasteiger partial charge in [-0.1, -0.05) is 57.9 Å². The zero-order valence-electron chi connectivity index (χ0n) is 13.9. The molecule has 1 fully saturated rings. The molecule has 1 aliphatic rings. The predicted molar refractivity (Wildman–Crippen MR) is 89.5 cm³/mol. The molecule has 2 nitrogen and oxygen atoms in total. The maximum absolute atomic E-state index is 6.12. The van der Waals surface area contributed by atoms with Crippen LogP contribution in [0.25, 0.3) is 0 Å². The van der Waals surface area contributed by atoms with Crippen LogP contribution in [-0.4, -0.2) is 18.7 Å². The van der Waals surface area contributed by atoms with Crippen molar-refractivity contribution < 1.29 is 4.74 Å². The first-order chi connectivity index (χ1) is 10.1. The monoisotopic (exact) mass is 289 g/mol. The lowest BCUT2D eigenvalue weighted by molar-refractivity contribution is -0.0154. The first-order valence-corrected chi connectivity index (χ1v) is 8.58. The van der Waals surface area contributed by atoms with Crippen molar-refractivity contribution in [2.24, 2.45) is 5.92 Å². The van der Waals surface area contributed by atoms with Crippen molar-refractivity contribution in [1.82, 2.24) is 5.32 Å². The number of ether oxygens (including phenoxy) is 1. The van der Waals surface area contributed by atoms with Gasteiger partial charge >= 0.3 is 0 Å². The maximum atomic E-state index is 6.12. The highest BCUT2D eigenvalue weighted by Gasteiger charge is 2.21. The van der Waals surface area contributed by atoms with Crippen LogP contribution in [0.4, 0.5) is 0 Å². The Morgan fingerprint density at radius 3 is 2.43 bits per heavy atom. The summed E-state index contributed by atoms with van der Waals surface area (Å²) in [7, 11) is 0. The first-order valence-electron chi connectivity index (χ1n) is 8.58. The van der Waals surface area contributed by atoms with Gasteiger partial charge < -0.3 is 10.1 Å². The summed E-state index contributed by atoms with van der Waals surface area (Å²) >= 11 is 0. The molecule has 1 aromatic rings. The summed E-state index contributed by atoms with van der Waals surface area (Å²) in [6.07, 6.45) is 6.83. The lowest BCUT2D eigenvalue weighted by Crippen LogP contribution is -2.25. The maximum Gasteiger partial charge on any atom is 0.0720 e. The molecule has 0 spiro atoms. The Labute approximate surface area is 130 Å². The van der Waals surface area contributed by atoms with E-state index in [-0.39, 0.29) is 0 Å². The van der Waals surface area contributed by atoms with Crippen molar-refractivity contribution in [3.05, 3.63) is 35.4 Å². The topological polar surface area (TPSA) is 21.3 Å². The minimum Gasteiger partial charge on any atom is -0.373 e. The van der Waals surface area contributed by atoms with Gasteiger partial charge in [0.15, 0.2) is 0 Å². The second-order valence-electron chi connectivity index (χ2n) is 6.79. The summed E-state index contributed by atoms with van der Waals surface area (Å²) in [6, 6.07) is 9.49. The van der Waals surface area contributed by atoms with Crippen LogP contribution in [0.1, 0.15) is 57.6 Å². The predicted octanol–water partition coefficient (Wildman–Crippen LogP) is 4.32. The van der Waals surface area contributed by atoms with E-state index < -0.39 is 0 Å². The molecule has 0 heterocycles. The first kappa shape index (κ1) is 16.5. The zero-order chi connectivity index (χ0) is 15.1. The molecule has 2 rings (SSSR count). The largest absolute Gasteiger partial charge is 0.373 e. The second-order valence-corrected chi connectivity index (χ2v) is 6.79. The van der Waals surface area contributed by atoms with Gasteiger partial charge in [0.2, 0.25) is 0 Å². The SMILES string of the molecule is CC(C)NCCc1ccc(COC2CCCCC2C)cc1. The van der Waals surface area contributed by atoms with E-state index >= 15 is 0 Å². The van der Waals surface area contributed by atoms with Gasteiger partial charge in [0, 0.05) is 6.04 Å². The Kier molecular flexibility index (Phi) is 6.72. The lowest BCUT2D eigenvalue weighted by atomic mass is 9.88. The zero-order valence-corrected chi connectivity index (χ0v) is 13.9. The van der Waals surface area contributed by atoms with Crippen LogP contribution in [0, 0.1) is 5.92 Å². The standard InChI is InChI=1S/C19H31NO/c1-15(2)20-13-12-17-8-10-18(11-9-17)14-21-19-7-5-4-6-16(19)3/h8-11,15-16,19-20H,4-7,12-14H2,1-3H3. The Morgan fingerprint density at radius 2 is 1.76 bits per heavy atom. The molecule has 1 aromatic carbocycles. The van der Waals surface area contributed by atoms with E-state index in [1.165, 1.54) is 36.8 Å². The van der Waals surface area contributed by atoms with Crippen LogP contribution in [0.5, 0.6) is 0 Å². The summed E-state index contributed by atoms with van der Waals surface area (Å²) in [5, 5.41) is 3.46. The fourth-order valence-corrected chi connectivity index (χ4v) is 3.04. The molecule has 1 aliphatic carbocycles. The van der Waals surface area contributed by atoms with Crippen molar-refractivity contribution in [1.29, 1.82) is 0 Å². The molecule has 0 amide bonds. The molecule has 0 bridgehead atoms. The normalized spacial score (nSPS) is 22.7. The average molecular weight is 289 g/mol. The minimum absolute atomic E-state index is 0.466. The summed E-state index contributed by atoms with van der Waals surface area (Å²) < 4.78 is 6.12. The molecule has 1 N–H and O–H groups in total. The third-order valence-corrected chi connectivity index (χ3v) is 4.49. The van der Waals surface area contributed by atoms with Crippen LogP contribution in [0.15, 0.2) is 24.3 Å². The molecule has 1 saturated carbocycles.